The summed E-state index contributed by atoms with van der Waals surface area (Å²) in [5.74, 6) is 1.61. The Balaban J connectivity index is 1.24. The van der Waals surface area contributed by atoms with Crippen LogP contribution in [0.5, 0.6) is 17.2 Å². The van der Waals surface area contributed by atoms with Crippen molar-refractivity contribution in [3.8, 4) is 17.2 Å². The Kier molecular flexibility index (Phi) is 8.91. The number of rotatable bonds is 10. The minimum atomic E-state index is -0.362. The van der Waals surface area contributed by atoms with Gasteiger partial charge in [-0.05, 0) is 73.6 Å². The molecule has 7 nitrogen and oxygen atoms in total. The van der Waals surface area contributed by atoms with Crippen LogP contribution in [-0.2, 0) is 4.74 Å². The molecule has 35 heavy (non-hydrogen) atoms. The first-order chi connectivity index (χ1) is 17.2. The van der Waals surface area contributed by atoms with Crippen molar-refractivity contribution in [2.75, 3.05) is 31.7 Å². The molecule has 0 aliphatic carbocycles. The van der Waals surface area contributed by atoms with Gasteiger partial charge in [-0.15, -0.1) is 0 Å². The van der Waals surface area contributed by atoms with Crippen molar-refractivity contribution in [1.29, 1.82) is 0 Å². The van der Waals surface area contributed by atoms with Crippen molar-refractivity contribution >= 4 is 28.9 Å². The largest absolute Gasteiger partial charge is 0.491 e. The summed E-state index contributed by atoms with van der Waals surface area (Å²) < 4.78 is 22.8. The van der Waals surface area contributed by atoms with Gasteiger partial charge in [0.2, 0.25) is 0 Å². The second-order valence-electron chi connectivity index (χ2n) is 7.88. The van der Waals surface area contributed by atoms with Gasteiger partial charge in [-0.25, -0.2) is 0 Å². The molecule has 1 fully saturated rings. The van der Waals surface area contributed by atoms with E-state index in [1.165, 1.54) is 0 Å². The van der Waals surface area contributed by atoms with Crippen LogP contribution in [0.25, 0.3) is 0 Å². The van der Waals surface area contributed by atoms with Crippen molar-refractivity contribution < 1.29 is 23.7 Å². The van der Waals surface area contributed by atoms with Crippen molar-refractivity contribution in [2.24, 2.45) is 0 Å². The van der Waals surface area contributed by atoms with Gasteiger partial charge in [-0.3, -0.25) is 10.1 Å². The Hall–Kier alpha value is -3.62. The molecule has 0 spiro atoms. The highest BCUT2D eigenvalue weighted by Crippen LogP contribution is 2.20. The molecule has 8 heteroatoms. The van der Waals surface area contributed by atoms with Gasteiger partial charge >= 0.3 is 0 Å². The monoisotopic (exact) mass is 492 g/mol. The van der Waals surface area contributed by atoms with Crippen LogP contribution in [0, 0.1) is 0 Å². The van der Waals surface area contributed by atoms with E-state index in [2.05, 4.69) is 10.6 Å². The number of carbonyl (C=O) groups excluding carboxylic acids is 1. The Labute approximate surface area is 210 Å². The molecular weight excluding hydrogens is 464 g/mol. The number of benzene rings is 3. The highest BCUT2D eigenvalue weighted by Gasteiger charge is 2.16. The lowest BCUT2D eigenvalue weighted by Crippen LogP contribution is -2.34. The molecule has 1 atom stereocenters. The maximum atomic E-state index is 12.8. The van der Waals surface area contributed by atoms with E-state index in [0.29, 0.717) is 31.1 Å². The highest BCUT2D eigenvalue weighted by molar-refractivity contribution is 7.80. The first kappa shape index (κ1) is 24.5. The first-order valence-corrected chi connectivity index (χ1v) is 11.9. The molecule has 0 radical (unpaired) electrons. The predicted molar refractivity (Wildman–Crippen MR) is 138 cm³/mol. The summed E-state index contributed by atoms with van der Waals surface area (Å²) in [4.78, 5) is 12.8. The smallest absolute Gasteiger partial charge is 0.261 e. The number of anilines is 1. The molecule has 1 aliphatic heterocycles. The fourth-order valence-electron chi connectivity index (χ4n) is 3.54. The molecule has 2 N–H and O–H groups in total. The van der Waals surface area contributed by atoms with Crippen LogP contribution in [0.15, 0.2) is 78.9 Å². The minimum Gasteiger partial charge on any atom is -0.491 e. The third-order valence-corrected chi connectivity index (χ3v) is 5.49. The van der Waals surface area contributed by atoms with Crippen LogP contribution in [-0.4, -0.2) is 43.6 Å². The molecule has 0 saturated carbocycles. The number of carbonyl (C=O) groups is 1. The van der Waals surface area contributed by atoms with Gasteiger partial charge in [0.25, 0.3) is 5.91 Å². The van der Waals surface area contributed by atoms with Crippen molar-refractivity contribution in [3.63, 3.8) is 0 Å². The number of amides is 1. The molecule has 1 heterocycles. The van der Waals surface area contributed by atoms with Crippen molar-refractivity contribution in [3.05, 3.63) is 84.4 Å². The fraction of sp³-hybridized carbons (Fsp3) is 0.259. The SMILES string of the molecule is O=C(NC(=S)Nc1ccc(OCC2CCCO2)cc1)c1ccccc1OCCOc1ccccc1. The fourth-order valence-corrected chi connectivity index (χ4v) is 3.75. The molecule has 4 rings (SSSR count). The lowest BCUT2D eigenvalue weighted by molar-refractivity contribution is 0.0679. The Morgan fingerprint density at radius 1 is 0.886 bits per heavy atom. The van der Waals surface area contributed by atoms with Crippen molar-refractivity contribution in [2.45, 2.75) is 18.9 Å². The van der Waals surface area contributed by atoms with Gasteiger partial charge < -0.3 is 24.3 Å². The highest BCUT2D eigenvalue weighted by atomic mass is 32.1. The van der Waals surface area contributed by atoms with Gasteiger partial charge in [-0.2, -0.15) is 0 Å². The second-order valence-corrected chi connectivity index (χ2v) is 8.29. The lowest BCUT2D eigenvalue weighted by atomic mass is 10.2. The Morgan fingerprint density at radius 3 is 2.37 bits per heavy atom. The summed E-state index contributed by atoms with van der Waals surface area (Å²) in [6.45, 7) is 2.00. The van der Waals surface area contributed by atoms with E-state index in [0.717, 1.165) is 36.6 Å². The van der Waals surface area contributed by atoms with Gasteiger partial charge in [0.05, 0.1) is 11.7 Å². The van der Waals surface area contributed by atoms with Crippen molar-refractivity contribution in [1.82, 2.24) is 5.32 Å². The number of nitrogens with one attached hydrogen (secondary N) is 2. The van der Waals surface area contributed by atoms with Crippen LogP contribution in [0.1, 0.15) is 23.2 Å². The number of hydrogen-bond acceptors (Lipinski definition) is 6. The summed E-state index contributed by atoms with van der Waals surface area (Å²) in [5.41, 5.74) is 1.12. The average Bonchev–Trinajstić information content (AvgIpc) is 3.41. The number of hydrogen-bond donors (Lipinski definition) is 2. The van der Waals surface area contributed by atoms with Gasteiger partial charge in [0.15, 0.2) is 5.11 Å². The molecular formula is C27H28N2O5S. The molecule has 3 aromatic carbocycles. The minimum absolute atomic E-state index is 0.166. The maximum Gasteiger partial charge on any atom is 0.261 e. The number of thiocarbonyl (C=S) groups is 1. The van der Waals surface area contributed by atoms with Crippen LogP contribution < -0.4 is 24.8 Å². The molecule has 1 amide bonds. The van der Waals surface area contributed by atoms with Crippen LogP contribution in [0.4, 0.5) is 5.69 Å². The first-order valence-electron chi connectivity index (χ1n) is 11.5. The summed E-state index contributed by atoms with van der Waals surface area (Å²) in [5, 5.41) is 5.90. The standard InChI is InChI=1S/C27H28N2O5S/c30-26(24-10-4-5-11-25(24)33-18-17-32-21-7-2-1-3-8-21)29-27(35)28-20-12-14-22(15-13-20)34-19-23-9-6-16-31-23/h1-5,7-8,10-15,23H,6,9,16-19H2,(H2,28,29,30,35). The van der Waals surface area contributed by atoms with Gasteiger partial charge in [-0.1, -0.05) is 30.3 Å². The number of ether oxygens (including phenoxy) is 4. The number of para-hydroxylation sites is 2. The van der Waals surface area contributed by atoms with Gasteiger partial charge in [0, 0.05) is 12.3 Å². The lowest BCUT2D eigenvalue weighted by Gasteiger charge is -2.14. The summed E-state index contributed by atoms with van der Waals surface area (Å²) in [7, 11) is 0. The summed E-state index contributed by atoms with van der Waals surface area (Å²) in [6.07, 6.45) is 2.28. The molecule has 0 aromatic heterocycles. The van der Waals surface area contributed by atoms with Crippen LogP contribution >= 0.6 is 12.2 Å². The van der Waals surface area contributed by atoms with Gasteiger partial charge in [0.1, 0.15) is 37.1 Å². The van der Waals surface area contributed by atoms with E-state index in [9.17, 15) is 4.79 Å². The van der Waals surface area contributed by atoms with E-state index < -0.39 is 0 Å². The van der Waals surface area contributed by atoms with Crippen LogP contribution in [0.2, 0.25) is 0 Å². The van der Waals surface area contributed by atoms with E-state index in [4.69, 9.17) is 31.2 Å². The Bertz CT molecular complexity index is 1100. The van der Waals surface area contributed by atoms with E-state index in [1.807, 2.05) is 60.7 Å². The van der Waals surface area contributed by atoms with E-state index >= 15 is 0 Å². The quantitative estimate of drug-likeness (QED) is 0.310. The molecule has 0 bridgehead atoms. The molecule has 182 valence electrons. The molecule has 1 aliphatic rings. The Morgan fingerprint density at radius 2 is 1.60 bits per heavy atom. The summed E-state index contributed by atoms with van der Waals surface area (Å²) in [6, 6.07) is 23.9. The topological polar surface area (TPSA) is 78.1 Å². The normalized spacial score (nSPS) is 14.7. The summed E-state index contributed by atoms with van der Waals surface area (Å²) >= 11 is 5.32. The zero-order valence-electron chi connectivity index (χ0n) is 19.3. The molecule has 3 aromatic rings. The predicted octanol–water partition coefficient (Wildman–Crippen LogP) is 4.83. The zero-order valence-corrected chi connectivity index (χ0v) is 20.1. The molecule has 1 unspecified atom stereocenters. The third-order valence-electron chi connectivity index (χ3n) is 5.28. The van der Waals surface area contributed by atoms with E-state index in [1.54, 1.807) is 18.2 Å². The second kappa shape index (κ2) is 12.7. The van der Waals surface area contributed by atoms with E-state index in [-0.39, 0.29) is 17.1 Å². The van der Waals surface area contributed by atoms with Crippen LogP contribution in [0.3, 0.4) is 0 Å². The maximum absolute atomic E-state index is 12.8. The zero-order chi connectivity index (χ0) is 24.3. The third kappa shape index (κ3) is 7.70. The average molecular weight is 493 g/mol. The molecule has 1 saturated heterocycles.